The van der Waals surface area contributed by atoms with Gasteiger partial charge in [0, 0.05) is 0 Å². The van der Waals surface area contributed by atoms with E-state index >= 15 is 0 Å². The van der Waals surface area contributed by atoms with Gasteiger partial charge in [-0.1, -0.05) is 26.8 Å². The van der Waals surface area contributed by atoms with E-state index in [0.717, 1.165) is 6.07 Å². The Morgan fingerprint density at radius 1 is 1.20 bits per heavy atom. The van der Waals surface area contributed by atoms with Crippen molar-refractivity contribution in [3.63, 3.8) is 0 Å². The van der Waals surface area contributed by atoms with Gasteiger partial charge in [-0.15, -0.1) is 0 Å². The Bertz CT molecular complexity index is 755. The molecule has 0 aromatic heterocycles. The van der Waals surface area contributed by atoms with Gasteiger partial charge in [-0.25, -0.2) is 12.8 Å². The summed E-state index contributed by atoms with van der Waals surface area (Å²) in [6.45, 7) is 4.22. The predicted molar refractivity (Wildman–Crippen MR) is 78.6 cm³/mol. The maximum Gasteiger partial charge on any atom is 0.420 e. The van der Waals surface area contributed by atoms with E-state index in [9.17, 15) is 35.9 Å². The van der Waals surface area contributed by atoms with Crippen LogP contribution in [0.4, 0.5) is 17.6 Å². The molecule has 0 saturated carbocycles. The van der Waals surface area contributed by atoms with E-state index in [-0.39, 0.29) is 0 Å². The molecule has 2 unspecified atom stereocenters. The van der Waals surface area contributed by atoms with Crippen LogP contribution in [0.15, 0.2) is 23.1 Å². The Kier molecular flexibility index (Phi) is 5.87. The van der Waals surface area contributed by atoms with E-state index in [0.29, 0.717) is 12.1 Å². The first-order valence-corrected chi connectivity index (χ1v) is 8.36. The second kappa shape index (κ2) is 6.89. The van der Waals surface area contributed by atoms with Gasteiger partial charge in [-0.05, 0) is 17.5 Å². The lowest BCUT2D eigenvalue weighted by Crippen LogP contribution is -2.53. The molecule has 6 nitrogen and oxygen atoms in total. The monoisotopic (exact) mass is 387 g/mol. The zero-order chi connectivity index (χ0) is 19.8. The number of benzene rings is 1. The van der Waals surface area contributed by atoms with Crippen LogP contribution < -0.4 is 4.72 Å². The van der Waals surface area contributed by atoms with Gasteiger partial charge < -0.3 is 10.2 Å². The van der Waals surface area contributed by atoms with Crippen molar-refractivity contribution >= 4 is 16.0 Å². The third kappa shape index (κ3) is 4.89. The summed E-state index contributed by atoms with van der Waals surface area (Å²) in [5.41, 5.74) is -3.14. The minimum Gasteiger partial charge on any atom is -0.480 e. The average Bonchev–Trinajstić information content (AvgIpc) is 2.41. The second-order valence-electron chi connectivity index (χ2n) is 6.36. The molecular weight excluding hydrogens is 370 g/mol. The van der Waals surface area contributed by atoms with Crippen molar-refractivity contribution in [1.29, 1.82) is 0 Å². The third-order valence-electron chi connectivity index (χ3n) is 3.30. The van der Waals surface area contributed by atoms with Crippen molar-refractivity contribution in [1.82, 2.24) is 4.72 Å². The van der Waals surface area contributed by atoms with Gasteiger partial charge in [0.2, 0.25) is 10.0 Å². The fraction of sp³-hybridized carbons (Fsp3) is 0.500. The number of carboxylic acids is 1. The first-order valence-electron chi connectivity index (χ1n) is 6.88. The number of aliphatic hydroxyl groups is 1. The second-order valence-corrected chi connectivity index (χ2v) is 8.04. The minimum absolute atomic E-state index is 0.431. The quantitative estimate of drug-likeness (QED) is 0.671. The number of aliphatic hydroxyl groups excluding tert-OH is 1. The van der Waals surface area contributed by atoms with Crippen LogP contribution in [0.2, 0.25) is 0 Å². The van der Waals surface area contributed by atoms with Crippen molar-refractivity contribution in [2.24, 2.45) is 5.41 Å². The molecule has 0 saturated heterocycles. The molecular formula is C14H17F4NO5S. The van der Waals surface area contributed by atoms with Crippen LogP contribution in [0.5, 0.6) is 0 Å². The Morgan fingerprint density at radius 3 is 2.12 bits per heavy atom. The van der Waals surface area contributed by atoms with E-state index < -0.39 is 56.0 Å². The standard InChI is InChI=1S/C14H17F4NO5S/c1-13(2,3)11(20)10(12(21)22)19-25(23,24)8-6-4-5-7(15)9(8)14(16,17)18/h4-6,10-11,19-20H,1-3H3,(H,21,22). The van der Waals surface area contributed by atoms with Crippen molar-refractivity contribution in [3.8, 4) is 0 Å². The number of carboxylic acid groups (broad SMARTS) is 1. The first-order chi connectivity index (χ1) is 11.1. The summed E-state index contributed by atoms with van der Waals surface area (Å²) in [4.78, 5) is 9.80. The smallest absolute Gasteiger partial charge is 0.420 e. The lowest BCUT2D eigenvalue weighted by molar-refractivity contribution is -0.144. The highest BCUT2D eigenvalue weighted by molar-refractivity contribution is 7.89. The van der Waals surface area contributed by atoms with E-state index in [1.807, 2.05) is 0 Å². The van der Waals surface area contributed by atoms with Crippen LogP contribution in [-0.4, -0.2) is 36.7 Å². The van der Waals surface area contributed by atoms with Crippen molar-refractivity contribution < 1.29 is 41.0 Å². The summed E-state index contributed by atoms with van der Waals surface area (Å²) in [7, 11) is -5.10. The van der Waals surface area contributed by atoms with Crippen LogP contribution in [0.3, 0.4) is 0 Å². The van der Waals surface area contributed by atoms with Gasteiger partial charge in [-0.3, -0.25) is 4.79 Å². The minimum atomic E-state index is -5.32. The lowest BCUT2D eigenvalue weighted by Gasteiger charge is -2.31. The summed E-state index contributed by atoms with van der Waals surface area (Å²) in [5, 5.41) is 19.1. The molecule has 0 aliphatic heterocycles. The normalized spacial score (nSPS) is 15.7. The molecule has 0 aliphatic rings. The summed E-state index contributed by atoms with van der Waals surface area (Å²) >= 11 is 0. The largest absolute Gasteiger partial charge is 0.480 e. The molecule has 2 atom stereocenters. The Morgan fingerprint density at radius 2 is 1.72 bits per heavy atom. The van der Waals surface area contributed by atoms with Crippen LogP contribution in [-0.2, 0) is 21.0 Å². The third-order valence-corrected chi connectivity index (χ3v) is 4.78. The zero-order valence-corrected chi connectivity index (χ0v) is 14.2. The van der Waals surface area contributed by atoms with Crippen LogP contribution >= 0.6 is 0 Å². The molecule has 1 aromatic rings. The Balaban J connectivity index is 3.44. The lowest BCUT2D eigenvalue weighted by atomic mass is 9.85. The first kappa shape index (κ1) is 21.3. The van der Waals surface area contributed by atoms with E-state index in [1.165, 1.54) is 25.5 Å². The number of hydrogen-bond acceptors (Lipinski definition) is 4. The Hall–Kier alpha value is -1.72. The van der Waals surface area contributed by atoms with Gasteiger partial charge in [0.05, 0.1) is 11.0 Å². The van der Waals surface area contributed by atoms with E-state index in [4.69, 9.17) is 5.11 Å². The van der Waals surface area contributed by atoms with E-state index in [1.54, 1.807) is 0 Å². The van der Waals surface area contributed by atoms with Crippen LogP contribution in [0.1, 0.15) is 26.3 Å². The van der Waals surface area contributed by atoms with Crippen molar-refractivity contribution in [3.05, 3.63) is 29.6 Å². The molecule has 1 rings (SSSR count). The maximum absolute atomic E-state index is 13.5. The van der Waals surface area contributed by atoms with E-state index in [2.05, 4.69) is 0 Å². The van der Waals surface area contributed by atoms with Crippen molar-refractivity contribution in [2.75, 3.05) is 0 Å². The highest BCUT2D eigenvalue weighted by Crippen LogP contribution is 2.36. The number of alkyl halides is 3. The highest BCUT2D eigenvalue weighted by atomic mass is 32.2. The molecule has 0 spiro atoms. The average molecular weight is 387 g/mol. The summed E-state index contributed by atoms with van der Waals surface area (Å²) < 4.78 is 78.5. The van der Waals surface area contributed by atoms with Gasteiger partial charge in [0.15, 0.2) is 0 Å². The molecule has 0 fully saturated rings. The molecule has 11 heteroatoms. The fourth-order valence-electron chi connectivity index (χ4n) is 1.98. The molecule has 0 amide bonds. The number of aliphatic carboxylic acids is 1. The van der Waals surface area contributed by atoms with Gasteiger partial charge in [-0.2, -0.15) is 17.9 Å². The number of hydrogen-bond donors (Lipinski definition) is 3. The summed E-state index contributed by atoms with van der Waals surface area (Å²) in [6, 6.07) is -0.457. The highest BCUT2D eigenvalue weighted by Gasteiger charge is 2.43. The molecule has 0 aliphatic carbocycles. The fourth-order valence-corrected chi connectivity index (χ4v) is 3.41. The number of rotatable bonds is 5. The molecule has 142 valence electrons. The molecule has 0 heterocycles. The number of sulfonamides is 1. The van der Waals surface area contributed by atoms with Gasteiger partial charge >= 0.3 is 12.1 Å². The molecule has 25 heavy (non-hydrogen) atoms. The van der Waals surface area contributed by atoms with Gasteiger partial charge in [0.1, 0.15) is 17.4 Å². The van der Waals surface area contributed by atoms with Crippen LogP contribution in [0, 0.1) is 11.2 Å². The number of nitrogens with one attached hydrogen (secondary N) is 1. The van der Waals surface area contributed by atoms with Crippen molar-refractivity contribution in [2.45, 2.75) is 44.0 Å². The Labute approximate surface area is 141 Å². The van der Waals surface area contributed by atoms with Crippen LogP contribution in [0.25, 0.3) is 0 Å². The number of halogens is 4. The molecule has 1 aromatic carbocycles. The SMILES string of the molecule is CC(C)(C)C(O)C(NS(=O)(=O)c1cccc(F)c1C(F)(F)F)C(=O)O. The van der Waals surface area contributed by atoms with Gasteiger partial charge in [0.25, 0.3) is 0 Å². The summed E-state index contributed by atoms with van der Waals surface area (Å²) in [5.74, 6) is -3.62. The maximum atomic E-state index is 13.5. The zero-order valence-electron chi connectivity index (χ0n) is 13.4. The predicted octanol–water partition coefficient (Wildman–Crippen LogP) is 1.98. The summed E-state index contributed by atoms with van der Waals surface area (Å²) in [6.07, 6.45) is -7.08. The molecule has 0 radical (unpaired) electrons. The number of carbonyl (C=O) groups is 1. The molecule has 3 N–H and O–H groups in total. The molecule has 0 bridgehead atoms. The topological polar surface area (TPSA) is 104 Å².